The Hall–Kier alpha value is -2.26. The summed E-state index contributed by atoms with van der Waals surface area (Å²) in [6.45, 7) is 5.55. The highest BCUT2D eigenvalue weighted by Gasteiger charge is 2.27. The number of hydrogen-bond donors (Lipinski definition) is 1. The first-order valence-electron chi connectivity index (χ1n) is 10.7. The molecule has 166 valence electrons. The molecule has 0 aromatic heterocycles. The van der Waals surface area contributed by atoms with Gasteiger partial charge in [-0.1, -0.05) is 30.3 Å². The molecule has 1 atom stereocenters. The molecule has 2 aliphatic rings. The van der Waals surface area contributed by atoms with E-state index >= 15 is 0 Å². The Balaban J connectivity index is 1.52. The van der Waals surface area contributed by atoms with Gasteiger partial charge in [0.15, 0.2) is 0 Å². The smallest absolute Gasteiger partial charge is 0.240 e. The first-order valence-corrected chi connectivity index (χ1v) is 12.2. The monoisotopic (exact) mass is 443 g/mol. The number of aryl methyl sites for hydroxylation is 1. The molecule has 0 spiro atoms. The number of amides is 1. The third-order valence-corrected chi connectivity index (χ3v) is 7.55. The lowest BCUT2D eigenvalue weighted by atomic mass is 10.1. The number of carbonyl (C=O) groups excluding carboxylic acids is 1. The maximum Gasteiger partial charge on any atom is 0.240 e. The highest BCUT2D eigenvalue weighted by molar-refractivity contribution is 7.89. The maximum atomic E-state index is 13.1. The molecule has 0 radical (unpaired) electrons. The Labute approximate surface area is 184 Å². The molecular formula is C23H29N3O4S. The van der Waals surface area contributed by atoms with Gasteiger partial charge in [0.1, 0.15) is 0 Å². The summed E-state index contributed by atoms with van der Waals surface area (Å²) in [5, 5.41) is 0. The molecule has 0 aliphatic carbocycles. The summed E-state index contributed by atoms with van der Waals surface area (Å²) < 4.78 is 34.6. The van der Waals surface area contributed by atoms with Crippen LogP contribution in [0.2, 0.25) is 0 Å². The number of nitrogens with one attached hydrogen (secondary N) is 1. The predicted octanol–water partition coefficient (Wildman–Crippen LogP) is 2.47. The van der Waals surface area contributed by atoms with Crippen molar-refractivity contribution in [3.8, 4) is 0 Å². The maximum absolute atomic E-state index is 13.1. The standard InChI is InChI=1S/C23H29N3O4S/c1-18-16-20(26-11-5-8-23(26)27)9-10-22(18)31(28,29)24-17-21(19-6-3-2-4-7-19)25-12-14-30-15-13-25/h2-4,6-7,9-10,16,21,24H,5,8,11-15,17H2,1H3. The van der Waals surface area contributed by atoms with Crippen molar-refractivity contribution >= 4 is 21.6 Å². The van der Waals surface area contributed by atoms with Gasteiger partial charge in [-0.2, -0.15) is 0 Å². The second-order valence-electron chi connectivity index (χ2n) is 8.03. The van der Waals surface area contributed by atoms with Crippen LogP contribution < -0.4 is 9.62 Å². The highest BCUT2D eigenvalue weighted by Crippen LogP contribution is 2.27. The summed E-state index contributed by atoms with van der Waals surface area (Å²) in [4.78, 5) is 16.2. The molecule has 0 saturated carbocycles. The molecule has 7 nitrogen and oxygen atoms in total. The molecule has 1 amide bonds. The van der Waals surface area contributed by atoms with Crippen molar-refractivity contribution in [1.29, 1.82) is 0 Å². The van der Waals surface area contributed by atoms with Crippen molar-refractivity contribution < 1.29 is 17.9 Å². The summed E-state index contributed by atoms with van der Waals surface area (Å²) in [5.41, 5.74) is 2.47. The van der Waals surface area contributed by atoms with E-state index in [2.05, 4.69) is 9.62 Å². The highest BCUT2D eigenvalue weighted by atomic mass is 32.2. The van der Waals surface area contributed by atoms with Gasteiger partial charge >= 0.3 is 0 Å². The Kier molecular flexibility index (Phi) is 6.71. The molecule has 2 aromatic carbocycles. The minimum absolute atomic E-state index is 0.0679. The van der Waals surface area contributed by atoms with Gasteiger partial charge in [0, 0.05) is 44.3 Å². The molecule has 2 aliphatic heterocycles. The molecule has 8 heteroatoms. The number of rotatable bonds is 7. The average molecular weight is 444 g/mol. The fraction of sp³-hybridized carbons (Fsp3) is 0.435. The van der Waals surface area contributed by atoms with E-state index in [4.69, 9.17) is 4.74 Å². The molecule has 1 unspecified atom stereocenters. The van der Waals surface area contributed by atoms with E-state index in [1.807, 2.05) is 30.3 Å². The molecule has 2 fully saturated rings. The normalized spacial score (nSPS) is 19.0. The van der Waals surface area contributed by atoms with Crippen LogP contribution in [0.15, 0.2) is 53.4 Å². The van der Waals surface area contributed by atoms with Crippen LogP contribution >= 0.6 is 0 Å². The van der Waals surface area contributed by atoms with E-state index in [0.717, 1.165) is 30.8 Å². The molecule has 2 heterocycles. The molecule has 4 rings (SSSR count). The molecule has 0 bridgehead atoms. The topological polar surface area (TPSA) is 79.0 Å². The van der Waals surface area contributed by atoms with Crippen LogP contribution in [0.3, 0.4) is 0 Å². The van der Waals surface area contributed by atoms with Crippen LogP contribution in [-0.4, -0.2) is 58.6 Å². The number of nitrogens with zero attached hydrogens (tertiary/aromatic N) is 2. The summed E-state index contributed by atoms with van der Waals surface area (Å²) in [6.07, 6.45) is 1.38. The predicted molar refractivity (Wildman–Crippen MR) is 120 cm³/mol. The van der Waals surface area contributed by atoms with Crippen molar-refractivity contribution in [1.82, 2.24) is 9.62 Å². The lowest BCUT2D eigenvalue weighted by Crippen LogP contribution is -2.43. The van der Waals surface area contributed by atoms with Gasteiger partial charge in [-0.3, -0.25) is 9.69 Å². The lowest BCUT2D eigenvalue weighted by molar-refractivity contribution is -0.117. The van der Waals surface area contributed by atoms with E-state index in [0.29, 0.717) is 31.7 Å². The third kappa shape index (κ3) is 4.98. The summed E-state index contributed by atoms with van der Waals surface area (Å²) in [7, 11) is -3.70. The van der Waals surface area contributed by atoms with Gasteiger partial charge in [0.25, 0.3) is 0 Å². The molecule has 1 N–H and O–H groups in total. The number of anilines is 1. The number of ether oxygens (including phenoxy) is 1. The van der Waals surface area contributed by atoms with Crippen molar-refractivity contribution in [2.45, 2.75) is 30.7 Å². The third-order valence-electron chi connectivity index (χ3n) is 5.97. The average Bonchev–Trinajstić information content (AvgIpc) is 3.21. The zero-order valence-electron chi connectivity index (χ0n) is 17.8. The van der Waals surface area contributed by atoms with Crippen molar-refractivity contribution in [3.63, 3.8) is 0 Å². The van der Waals surface area contributed by atoms with E-state index in [1.54, 1.807) is 30.0 Å². The summed E-state index contributed by atoms with van der Waals surface area (Å²) >= 11 is 0. The van der Waals surface area contributed by atoms with Crippen LogP contribution in [0.1, 0.15) is 30.0 Å². The lowest BCUT2D eigenvalue weighted by Gasteiger charge is -2.35. The van der Waals surface area contributed by atoms with Crippen LogP contribution in [0.25, 0.3) is 0 Å². The van der Waals surface area contributed by atoms with E-state index in [-0.39, 0.29) is 23.4 Å². The SMILES string of the molecule is Cc1cc(N2CCCC2=O)ccc1S(=O)(=O)NCC(c1ccccc1)N1CCOCC1. The quantitative estimate of drug-likeness (QED) is 0.711. The number of sulfonamides is 1. The molecule has 2 saturated heterocycles. The van der Waals surface area contributed by atoms with Gasteiger partial charge in [-0.05, 0) is 42.7 Å². The Morgan fingerprint density at radius 3 is 2.45 bits per heavy atom. The number of benzene rings is 2. The van der Waals surface area contributed by atoms with E-state index in [1.165, 1.54) is 0 Å². The minimum Gasteiger partial charge on any atom is -0.379 e. The molecule has 31 heavy (non-hydrogen) atoms. The van der Waals surface area contributed by atoms with Crippen molar-refractivity contribution in [3.05, 3.63) is 59.7 Å². The van der Waals surface area contributed by atoms with Crippen LogP contribution in [-0.2, 0) is 19.6 Å². The molecule has 2 aromatic rings. The first-order chi connectivity index (χ1) is 15.0. The number of morpholine rings is 1. The zero-order valence-corrected chi connectivity index (χ0v) is 18.6. The van der Waals surface area contributed by atoms with Crippen molar-refractivity contribution in [2.24, 2.45) is 0 Å². The van der Waals surface area contributed by atoms with Crippen LogP contribution in [0.5, 0.6) is 0 Å². The van der Waals surface area contributed by atoms with E-state index < -0.39 is 10.0 Å². The Morgan fingerprint density at radius 1 is 1.06 bits per heavy atom. The zero-order chi connectivity index (χ0) is 21.8. The van der Waals surface area contributed by atoms with Crippen LogP contribution in [0.4, 0.5) is 5.69 Å². The second-order valence-corrected chi connectivity index (χ2v) is 9.76. The first kappa shape index (κ1) is 22.0. The van der Waals surface area contributed by atoms with Gasteiger partial charge in [0.2, 0.25) is 15.9 Å². The molecular weight excluding hydrogens is 414 g/mol. The fourth-order valence-electron chi connectivity index (χ4n) is 4.31. The number of carbonyl (C=O) groups is 1. The van der Waals surface area contributed by atoms with Gasteiger partial charge < -0.3 is 9.64 Å². The van der Waals surface area contributed by atoms with Gasteiger partial charge in [0.05, 0.1) is 18.1 Å². The largest absolute Gasteiger partial charge is 0.379 e. The summed E-state index contributed by atoms with van der Waals surface area (Å²) in [6, 6.07) is 15.0. The van der Waals surface area contributed by atoms with Crippen molar-refractivity contribution in [2.75, 3.05) is 44.3 Å². The Bertz CT molecular complexity index is 1020. The van der Waals surface area contributed by atoms with Crippen LogP contribution in [0, 0.1) is 6.92 Å². The second kappa shape index (κ2) is 9.48. The van der Waals surface area contributed by atoms with E-state index in [9.17, 15) is 13.2 Å². The number of hydrogen-bond acceptors (Lipinski definition) is 5. The fourth-order valence-corrected chi connectivity index (χ4v) is 5.58. The van der Waals surface area contributed by atoms with Gasteiger partial charge in [-0.25, -0.2) is 13.1 Å². The minimum atomic E-state index is -3.70. The van der Waals surface area contributed by atoms with Gasteiger partial charge in [-0.15, -0.1) is 0 Å². The Morgan fingerprint density at radius 2 is 1.81 bits per heavy atom. The summed E-state index contributed by atoms with van der Waals surface area (Å²) in [5.74, 6) is 0.0874.